The van der Waals surface area contributed by atoms with E-state index < -0.39 is 131 Å². The van der Waals surface area contributed by atoms with Crippen molar-refractivity contribution in [1.82, 2.24) is 41.5 Å². The van der Waals surface area contributed by atoms with E-state index in [9.17, 15) is 58.5 Å². The number of aliphatic hydroxyl groups is 2. The molecule has 0 bridgehead atoms. The lowest BCUT2D eigenvalue weighted by Crippen LogP contribution is -2.58. The lowest BCUT2D eigenvalue weighted by Gasteiger charge is -2.32. The number of nitrogens with two attached hydrogens (primary N) is 1. The standard InChI is InChI=1S/C52H91N9O18/c1-30(2)75-39(38(63)45(68)69)37(62)40(76-31(3)4)44(67)54-25-19-16-22-34(60-48(72)78-51(8,9)10)42(65)59-36(27-32-28-61(29-56-32)49(73)79-52(11,12)13)43(66)57-33(21-17-20-26-55-47(71)77-50(5,6)7)41(64)58-35(46(70)74-14)23-15-18-24-53/h28-31,33-40,62-63H,15-27,53H2,1-14H3,(H,54,67)(H,55,71)(H,57,66)(H,58,64)(H,59,65)(H,60,72)(H,68,69)/t33?,34?,35?,36?,37?,38-,39+,40?/m0/s1. The molecule has 0 aliphatic rings. The molecule has 0 radical (unpaired) electrons. The molecule has 1 heterocycles. The Kier molecular flexibility index (Phi) is 30.6. The Bertz CT molecular complexity index is 2120. The molecule has 452 valence electrons. The Hall–Kier alpha value is -6.16. The lowest BCUT2D eigenvalue weighted by molar-refractivity contribution is -0.188. The van der Waals surface area contributed by atoms with E-state index in [1.54, 1.807) is 90.0 Å². The van der Waals surface area contributed by atoms with E-state index in [1.807, 2.05) is 0 Å². The molecule has 27 heteroatoms. The number of ether oxygens (including phenoxy) is 6. The highest BCUT2D eigenvalue weighted by molar-refractivity contribution is 5.95. The number of aliphatic hydroxyl groups excluding tert-OH is 2. The van der Waals surface area contributed by atoms with Gasteiger partial charge in [0, 0.05) is 25.7 Å². The van der Waals surface area contributed by atoms with Crippen molar-refractivity contribution < 1.29 is 86.9 Å². The van der Waals surface area contributed by atoms with Crippen LogP contribution in [-0.2, 0) is 63.6 Å². The number of unbranched alkanes of at least 4 members (excludes halogenated alkanes) is 3. The van der Waals surface area contributed by atoms with Crippen molar-refractivity contribution >= 4 is 53.8 Å². The second-order valence-corrected chi connectivity index (χ2v) is 22.4. The van der Waals surface area contributed by atoms with Gasteiger partial charge in [0.15, 0.2) is 12.2 Å². The second-order valence-electron chi connectivity index (χ2n) is 22.4. The number of carboxylic acids is 1. The summed E-state index contributed by atoms with van der Waals surface area (Å²) in [4.78, 5) is 124. The van der Waals surface area contributed by atoms with E-state index in [4.69, 9.17) is 34.2 Å². The largest absolute Gasteiger partial charge is 0.479 e. The van der Waals surface area contributed by atoms with Gasteiger partial charge >= 0.3 is 30.2 Å². The molecular weight excluding hydrogens is 1040 g/mol. The number of hydrogen-bond donors (Lipinski definition) is 10. The molecule has 8 atom stereocenters. The zero-order valence-electron chi connectivity index (χ0n) is 48.6. The van der Waals surface area contributed by atoms with Crippen molar-refractivity contribution in [2.75, 3.05) is 26.7 Å². The number of hydrogen-bond acceptors (Lipinski definition) is 19. The quantitative estimate of drug-likeness (QED) is 0.0274. The van der Waals surface area contributed by atoms with Gasteiger partial charge in [-0.2, -0.15) is 0 Å². The summed E-state index contributed by atoms with van der Waals surface area (Å²) in [7, 11) is 1.16. The summed E-state index contributed by atoms with van der Waals surface area (Å²) in [5.41, 5.74) is 3.14. The lowest BCUT2D eigenvalue weighted by atomic mass is 10.0. The minimum atomic E-state index is -2.21. The molecule has 79 heavy (non-hydrogen) atoms. The fourth-order valence-corrected chi connectivity index (χ4v) is 7.31. The number of amides is 6. The predicted octanol–water partition coefficient (Wildman–Crippen LogP) is 2.23. The summed E-state index contributed by atoms with van der Waals surface area (Å²) >= 11 is 0. The molecule has 0 saturated carbocycles. The highest BCUT2D eigenvalue weighted by Crippen LogP contribution is 2.18. The molecule has 6 unspecified atom stereocenters. The van der Waals surface area contributed by atoms with Crippen molar-refractivity contribution in [3.05, 3.63) is 18.2 Å². The maximum Gasteiger partial charge on any atom is 0.419 e. The van der Waals surface area contributed by atoms with Gasteiger partial charge in [-0.05, 0) is 154 Å². The molecular formula is C52H91N9O18. The molecule has 1 rings (SSSR count). The van der Waals surface area contributed by atoms with Crippen LogP contribution in [0.2, 0.25) is 0 Å². The number of carbonyl (C=O) groups is 9. The minimum absolute atomic E-state index is 0.0303. The molecule has 0 aliphatic heterocycles. The van der Waals surface area contributed by atoms with Crippen LogP contribution in [-0.4, -0.2) is 183 Å². The van der Waals surface area contributed by atoms with E-state index in [1.165, 1.54) is 6.20 Å². The van der Waals surface area contributed by atoms with Gasteiger partial charge in [-0.15, -0.1) is 0 Å². The molecule has 11 N–H and O–H groups in total. The third-order valence-electron chi connectivity index (χ3n) is 10.8. The normalized spacial score (nSPS) is 15.0. The maximum atomic E-state index is 14.6. The molecule has 0 aromatic carbocycles. The minimum Gasteiger partial charge on any atom is -0.479 e. The highest BCUT2D eigenvalue weighted by atomic mass is 16.6. The Morgan fingerprint density at radius 3 is 1.58 bits per heavy atom. The zero-order valence-corrected chi connectivity index (χ0v) is 48.6. The van der Waals surface area contributed by atoms with Gasteiger partial charge in [-0.3, -0.25) is 19.2 Å². The molecule has 1 aromatic heterocycles. The van der Waals surface area contributed by atoms with Crippen LogP contribution >= 0.6 is 0 Å². The number of nitrogens with zero attached hydrogens (tertiary/aromatic N) is 2. The van der Waals surface area contributed by atoms with Crippen LogP contribution in [0.1, 0.15) is 153 Å². The Morgan fingerprint density at radius 2 is 1.08 bits per heavy atom. The van der Waals surface area contributed by atoms with Crippen LogP contribution in [0, 0.1) is 0 Å². The number of aliphatic carboxylic acids is 1. The first-order chi connectivity index (χ1) is 36.6. The van der Waals surface area contributed by atoms with Crippen molar-refractivity contribution in [3.8, 4) is 0 Å². The van der Waals surface area contributed by atoms with Crippen molar-refractivity contribution in [2.45, 2.75) is 232 Å². The summed E-state index contributed by atoms with van der Waals surface area (Å²) < 4.78 is 33.3. The number of aromatic nitrogens is 2. The average molecular weight is 1130 g/mol. The number of nitrogens with one attached hydrogen (secondary N) is 6. The fraction of sp³-hybridized carbons (Fsp3) is 0.769. The first kappa shape index (κ1) is 70.9. The van der Waals surface area contributed by atoms with Crippen molar-refractivity contribution in [1.29, 1.82) is 0 Å². The molecule has 0 fully saturated rings. The van der Waals surface area contributed by atoms with Crippen LogP contribution < -0.4 is 37.6 Å². The van der Waals surface area contributed by atoms with Gasteiger partial charge in [-0.1, -0.05) is 0 Å². The van der Waals surface area contributed by atoms with Crippen LogP contribution in [0.5, 0.6) is 0 Å². The van der Waals surface area contributed by atoms with E-state index >= 15 is 0 Å². The summed E-state index contributed by atoms with van der Waals surface area (Å²) in [6.45, 7) is 21.5. The molecule has 0 saturated heterocycles. The number of esters is 1. The van der Waals surface area contributed by atoms with E-state index in [2.05, 4.69) is 36.9 Å². The highest BCUT2D eigenvalue weighted by Gasteiger charge is 2.42. The van der Waals surface area contributed by atoms with Gasteiger partial charge < -0.3 is 81.4 Å². The van der Waals surface area contributed by atoms with E-state index in [-0.39, 0.29) is 63.7 Å². The second kappa shape index (κ2) is 34.1. The third-order valence-corrected chi connectivity index (χ3v) is 10.8. The van der Waals surface area contributed by atoms with E-state index in [0.29, 0.717) is 25.8 Å². The van der Waals surface area contributed by atoms with Gasteiger partial charge in [0.1, 0.15) is 59.5 Å². The first-order valence-electron chi connectivity index (χ1n) is 26.7. The van der Waals surface area contributed by atoms with Gasteiger partial charge in [0.25, 0.3) is 5.91 Å². The van der Waals surface area contributed by atoms with Gasteiger partial charge in [0.05, 0.1) is 25.0 Å². The van der Waals surface area contributed by atoms with Crippen LogP contribution in [0.4, 0.5) is 14.4 Å². The van der Waals surface area contributed by atoms with E-state index in [0.717, 1.165) is 18.0 Å². The topological polar surface area (TPSA) is 386 Å². The number of methoxy groups -OCH3 is 1. The Labute approximate surface area is 463 Å². The average Bonchev–Trinajstić information content (AvgIpc) is 3.79. The first-order valence-corrected chi connectivity index (χ1v) is 26.7. The van der Waals surface area contributed by atoms with Gasteiger partial charge in [0.2, 0.25) is 17.7 Å². The zero-order chi connectivity index (χ0) is 60.4. The van der Waals surface area contributed by atoms with Crippen LogP contribution in [0.15, 0.2) is 12.5 Å². The Balaban J connectivity index is 3.66. The Morgan fingerprint density at radius 1 is 0.608 bits per heavy atom. The number of carbonyl (C=O) groups excluding carboxylic acids is 8. The third kappa shape index (κ3) is 29.6. The number of rotatable bonds is 33. The summed E-state index contributed by atoms with van der Waals surface area (Å²) in [6.07, 6.45) is -7.42. The van der Waals surface area contributed by atoms with Crippen LogP contribution in [0.3, 0.4) is 0 Å². The fourth-order valence-electron chi connectivity index (χ4n) is 7.31. The van der Waals surface area contributed by atoms with Gasteiger partial charge in [-0.25, -0.2) is 33.5 Å². The molecule has 1 aromatic rings. The van der Waals surface area contributed by atoms with Crippen molar-refractivity contribution in [2.24, 2.45) is 5.73 Å². The molecule has 0 spiro atoms. The number of alkyl carbamates (subject to hydrolysis) is 2. The molecule has 27 nitrogen and oxygen atoms in total. The monoisotopic (exact) mass is 1130 g/mol. The number of imidazole rings is 1. The maximum absolute atomic E-state index is 14.6. The summed E-state index contributed by atoms with van der Waals surface area (Å²) in [5.74, 6) is -5.89. The number of carboxylic acid groups (broad SMARTS) is 1. The predicted molar refractivity (Wildman–Crippen MR) is 286 cm³/mol. The van der Waals surface area contributed by atoms with Crippen LogP contribution in [0.25, 0.3) is 0 Å². The SMILES string of the molecule is COC(=O)C(CCCCN)NC(=O)C(CCCCNC(=O)OC(C)(C)C)NC(=O)C(Cc1cn(C(=O)OC(C)(C)C)cn1)NC(=O)C(CCCCNC(=O)C(OC(C)C)C(O)[C@@H](OC(C)C)[C@H](O)C(=O)O)NC(=O)OC(C)(C)C. The summed E-state index contributed by atoms with van der Waals surface area (Å²) in [5, 5.41) is 46.8. The molecule has 0 aliphatic carbocycles. The molecule has 6 amide bonds. The smallest absolute Gasteiger partial charge is 0.419 e. The van der Waals surface area contributed by atoms with Crippen molar-refractivity contribution in [3.63, 3.8) is 0 Å². The summed E-state index contributed by atoms with van der Waals surface area (Å²) in [6, 6.07) is -5.43.